The van der Waals surface area contributed by atoms with Gasteiger partial charge in [-0.05, 0) is 12.1 Å². The Kier molecular flexibility index (Phi) is 2.80. The third kappa shape index (κ3) is 1.82. The number of halogens is 2. The van der Waals surface area contributed by atoms with Crippen LogP contribution in [0.2, 0.25) is 10.0 Å². The molecule has 2 nitrogen and oxygen atoms in total. The van der Waals surface area contributed by atoms with Crippen LogP contribution in [0, 0.1) is 6.57 Å². The fourth-order valence-electron chi connectivity index (χ4n) is 0.853. The van der Waals surface area contributed by atoms with Crippen molar-refractivity contribution in [3.63, 3.8) is 0 Å². The molecule has 0 aromatic heterocycles. The zero-order valence-electron chi connectivity index (χ0n) is 6.14. The zero-order valence-corrected chi connectivity index (χ0v) is 7.65. The van der Waals surface area contributed by atoms with Crippen LogP contribution in [0.1, 0.15) is 5.56 Å². The summed E-state index contributed by atoms with van der Waals surface area (Å²) in [5.41, 5.74) is 6.63. The van der Waals surface area contributed by atoms with E-state index in [1.165, 1.54) is 0 Å². The summed E-state index contributed by atoms with van der Waals surface area (Å²) in [4.78, 5) is 3.20. The van der Waals surface area contributed by atoms with Crippen LogP contribution in [0.5, 0.6) is 0 Å². The molecule has 0 amide bonds. The van der Waals surface area contributed by atoms with Crippen molar-refractivity contribution >= 4 is 28.9 Å². The molecule has 0 fully saturated rings. The number of hydrogen-bond donors (Lipinski definition) is 1. The van der Waals surface area contributed by atoms with Gasteiger partial charge in [0.25, 0.3) is 0 Å². The molecule has 0 aliphatic rings. The van der Waals surface area contributed by atoms with E-state index in [2.05, 4.69) is 4.85 Å². The second-order valence-electron chi connectivity index (χ2n) is 2.28. The average Bonchev–Trinajstić information content (AvgIpc) is 1.96. The van der Waals surface area contributed by atoms with Crippen LogP contribution in [0.4, 0.5) is 5.69 Å². The van der Waals surface area contributed by atoms with Crippen LogP contribution in [0.3, 0.4) is 0 Å². The fourth-order valence-corrected chi connectivity index (χ4v) is 1.48. The van der Waals surface area contributed by atoms with Crippen LogP contribution in [0.25, 0.3) is 4.85 Å². The SMILES string of the molecule is [C-]#[N+]Cc1c(Cl)cc(N)cc1Cl. The minimum Gasteiger partial charge on any atom is -0.399 e. The smallest absolute Gasteiger partial charge is 0.242 e. The highest BCUT2D eigenvalue weighted by Gasteiger charge is 2.08. The fraction of sp³-hybridized carbons (Fsp3) is 0.125. The lowest BCUT2D eigenvalue weighted by Crippen LogP contribution is -1.89. The molecule has 0 bridgehead atoms. The summed E-state index contributed by atoms with van der Waals surface area (Å²) in [6, 6.07) is 3.18. The van der Waals surface area contributed by atoms with Crippen molar-refractivity contribution in [1.29, 1.82) is 0 Å². The van der Waals surface area contributed by atoms with Gasteiger partial charge in [0.1, 0.15) is 0 Å². The minimum atomic E-state index is 0.192. The van der Waals surface area contributed by atoms with E-state index in [4.69, 9.17) is 35.5 Å². The highest BCUT2D eigenvalue weighted by molar-refractivity contribution is 6.36. The average molecular weight is 201 g/mol. The maximum absolute atomic E-state index is 6.66. The molecule has 0 heterocycles. The van der Waals surface area contributed by atoms with Crippen molar-refractivity contribution in [1.82, 2.24) is 0 Å². The van der Waals surface area contributed by atoms with E-state index in [0.29, 0.717) is 21.3 Å². The van der Waals surface area contributed by atoms with Gasteiger partial charge in [0.2, 0.25) is 6.54 Å². The Morgan fingerprint density at radius 2 is 1.83 bits per heavy atom. The first-order chi connectivity index (χ1) is 5.65. The molecule has 1 aromatic carbocycles. The monoisotopic (exact) mass is 200 g/mol. The Labute approximate surface area is 80.7 Å². The van der Waals surface area contributed by atoms with E-state index < -0.39 is 0 Å². The van der Waals surface area contributed by atoms with E-state index in [0.717, 1.165) is 0 Å². The minimum absolute atomic E-state index is 0.192. The number of rotatable bonds is 1. The lowest BCUT2D eigenvalue weighted by atomic mass is 10.2. The Morgan fingerprint density at radius 3 is 2.25 bits per heavy atom. The summed E-state index contributed by atoms with van der Waals surface area (Å²) >= 11 is 11.6. The van der Waals surface area contributed by atoms with E-state index >= 15 is 0 Å². The second kappa shape index (κ2) is 3.66. The summed E-state index contributed by atoms with van der Waals surface area (Å²) in [6.45, 7) is 6.86. The molecule has 0 unspecified atom stereocenters. The molecule has 1 rings (SSSR count). The third-order valence-electron chi connectivity index (χ3n) is 1.40. The van der Waals surface area contributed by atoms with E-state index in [1.807, 2.05) is 0 Å². The molecule has 12 heavy (non-hydrogen) atoms. The van der Waals surface area contributed by atoms with E-state index in [9.17, 15) is 0 Å². The molecule has 0 saturated carbocycles. The predicted molar refractivity (Wildman–Crippen MR) is 51.2 cm³/mol. The van der Waals surface area contributed by atoms with Gasteiger partial charge in [0.15, 0.2) is 0 Å². The Morgan fingerprint density at radius 1 is 1.33 bits per heavy atom. The summed E-state index contributed by atoms with van der Waals surface area (Å²) < 4.78 is 0. The van der Waals surface area contributed by atoms with Gasteiger partial charge in [0.05, 0.1) is 15.6 Å². The van der Waals surface area contributed by atoms with Crippen LogP contribution in [-0.4, -0.2) is 0 Å². The van der Waals surface area contributed by atoms with E-state index in [1.54, 1.807) is 12.1 Å². The maximum atomic E-state index is 6.66. The van der Waals surface area contributed by atoms with Crippen LogP contribution < -0.4 is 5.73 Å². The molecule has 62 valence electrons. The third-order valence-corrected chi connectivity index (χ3v) is 2.07. The van der Waals surface area contributed by atoms with Gasteiger partial charge in [0, 0.05) is 5.69 Å². The van der Waals surface area contributed by atoms with Crippen LogP contribution in [-0.2, 0) is 6.54 Å². The van der Waals surface area contributed by atoms with Crippen molar-refractivity contribution < 1.29 is 0 Å². The van der Waals surface area contributed by atoms with Crippen LogP contribution in [0.15, 0.2) is 12.1 Å². The van der Waals surface area contributed by atoms with Crippen LogP contribution >= 0.6 is 23.2 Å². The largest absolute Gasteiger partial charge is 0.399 e. The number of nitrogens with two attached hydrogens (primary N) is 1. The Hall–Kier alpha value is -0.910. The van der Waals surface area contributed by atoms with Crippen molar-refractivity contribution in [2.24, 2.45) is 0 Å². The zero-order chi connectivity index (χ0) is 9.14. The van der Waals surface area contributed by atoms with Gasteiger partial charge in [-0.25, -0.2) is 6.57 Å². The number of hydrogen-bond acceptors (Lipinski definition) is 1. The predicted octanol–water partition coefficient (Wildman–Crippen LogP) is 2.99. The highest BCUT2D eigenvalue weighted by atomic mass is 35.5. The van der Waals surface area contributed by atoms with Crippen molar-refractivity contribution in [3.05, 3.63) is 39.2 Å². The lowest BCUT2D eigenvalue weighted by molar-refractivity contribution is 1.27. The van der Waals surface area contributed by atoms with Gasteiger partial charge in [-0.15, -0.1) is 0 Å². The first kappa shape index (κ1) is 9.18. The quantitative estimate of drug-likeness (QED) is 0.549. The molecule has 0 saturated heterocycles. The first-order valence-electron chi connectivity index (χ1n) is 3.21. The van der Waals surface area contributed by atoms with Gasteiger partial charge >= 0.3 is 0 Å². The first-order valence-corrected chi connectivity index (χ1v) is 3.97. The molecule has 4 heteroatoms. The standard InChI is InChI=1S/C8H6Cl2N2/c1-12-4-6-7(9)2-5(11)3-8(6)10/h2-3H,4,11H2. The van der Waals surface area contributed by atoms with Gasteiger partial charge < -0.3 is 10.6 Å². The normalized spacial score (nSPS) is 9.42. The molecule has 0 radical (unpaired) electrons. The second-order valence-corrected chi connectivity index (χ2v) is 3.09. The van der Waals surface area contributed by atoms with E-state index in [-0.39, 0.29) is 6.54 Å². The Bertz CT molecular complexity index is 318. The van der Waals surface area contributed by atoms with Crippen molar-refractivity contribution in [2.45, 2.75) is 6.54 Å². The van der Waals surface area contributed by atoms with Gasteiger partial charge in [-0.1, -0.05) is 23.2 Å². The topological polar surface area (TPSA) is 30.4 Å². The number of anilines is 1. The molecule has 0 atom stereocenters. The molecule has 2 N–H and O–H groups in total. The highest BCUT2D eigenvalue weighted by Crippen LogP contribution is 2.28. The summed E-state index contributed by atoms with van der Waals surface area (Å²) in [6.07, 6.45) is 0. The molecular formula is C8H6Cl2N2. The van der Waals surface area contributed by atoms with Gasteiger partial charge in [-0.2, -0.15) is 0 Å². The lowest BCUT2D eigenvalue weighted by Gasteiger charge is -2.01. The van der Waals surface area contributed by atoms with Gasteiger partial charge in [-0.3, -0.25) is 0 Å². The molecule has 0 aliphatic heterocycles. The van der Waals surface area contributed by atoms with Crippen molar-refractivity contribution in [3.8, 4) is 0 Å². The molecular weight excluding hydrogens is 195 g/mol. The maximum Gasteiger partial charge on any atom is 0.242 e. The summed E-state index contributed by atoms with van der Waals surface area (Å²) in [7, 11) is 0. The molecule has 0 spiro atoms. The number of benzene rings is 1. The Balaban J connectivity index is 3.21. The number of nitrogen functional groups attached to an aromatic ring is 1. The summed E-state index contributed by atoms with van der Waals surface area (Å²) in [5, 5.41) is 0.909. The summed E-state index contributed by atoms with van der Waals surface area (Å²) in [5.74, 6) is 0. The van der Waals surface area contributed by atoms with Crippen molar-refractivity contribution in [2.75, 3.05) is 5.73 Å². The molecule has 1 aromatic rings. The molecule has 0 aliphatic carbocycles. The number of nitrogens with zero attached hydrogens (tertiary/aromatic N) is 1.